The summed E-state index contributed by atoms with van der Waals surface area (Å²) in [5, 5.41) is 4.55. The van der Waals surface area contributed by atoms with E-state index in [4.69, 9.17) is 0 Å². The number of amides is 2. The van der Waals surface area contributed by atoms with Crippen LogP contribution in [0, 0.1) is 6.92 Å². The van der Waals surface area contributed by atoms with Crippen molar-refractivity contribution in [3.8, 4) is 5.75 Å². The van der Waals surface area contributed by atoms with Crippen molar-refractivity contribution < 1.29 is 22.7 Å². The predicted molar refractivity (Wildman–Crippen MR) is 85.9 cm³/mol. The van der Waals surface area contributed by atoms with E-state index in [0.717, 1.165) is 10.4 Å². The largest absolute Gasteiger partial charge is 0.573 e. The average Bonchev–Trinajstić information content (AvgIpc) is 2.89. The number of alkyl halides is 3. The van der Waals surface area contributed by atoms with E-state index in [0.29, 0.717) is 6.54 Å². The molecule has 24 heavy (non-hydrogen) atoms. The van der Waals surface area contributed by atoms with Crippen LogP contribution >= 0.6 is 11.3 Å². The second-order valence-corrected chi connectivity index (χ2v) is 6.20. The molecule has 0 aliphatic carbocycles. The van der Waals surface area contributed by atoms with E-state index in [1.54, 1.807) is 24.5 Å². The minimum Gasteiger partial charge on any atom is -0.405 e. The van der Waals surface area contributed by atoms with Gasteiger partial charge in [0.1, 0.15) is 5.75 Å². The molecule has 0 aliphatic rings. The molecule has 1 N–H and O–H groups in total. The van der Waals surface area contributed by atoms with E-state index in [1.807, 2.05) is 18.4 Å². The molecule has 0 saturated carbocycles. The van der Waals surface area contributed by atoms with Crippen LogP contribution in [0.4, 0.5) is 18.0 Å². The Morgan fingerprint density at radius 2 is 2.00 bits per heavy atom. The smallest absolute Gasteiger partial charge is 0.405 e. The molecule has 2 rings (SSSR count). The molecule has 0 saturated heterocycles. The fourth-order valence-electron chi connectivity index (χ4n) is 2.03. The number of aryl methyl sites for hydroxylation is 1. The summed E-state index contributed by atoms with van der Waals surface area (Å²) in [7, 11) is 1.63. The molecule has 2 amide bonds. The molecular formula is C16H17F3N2O2S. The Bertz CT molecular complexity index is 701. The van der Waals surface area contributed by atoms with Crippen molar-refractivity contribution in [3.63, 3.8) is 0 Å². The third-order valence-corrected chi connectivity index (χ3v) is 4.33. The highest BCUT2D eigenvalue weighted by Crippen LogP contribution is 2.26. The lowest BCUT2D eigenvalue weighted by Gasteiger charge is -2.19. The molecule has 1 aromatic carbocycles. The lowest BCUT2D eigenvalue weighted by Crippen LogP contribution is -2.36. The molecule has 1 heterocycles. The lowest BCUT2D eigenvalue weighted by atomic mass is 10.2. The summed E-state index contributed by atoms with van der Waals surface area (Å²) in [6, 6.07) is 7.32. The van der Waals surface area contributed by atoms with E-state index in [9.17, 15) is 18.0 Å². The molecule has 0 fully saturated rings. The Hall–Kier alpha value is -2.22. The van der Waals surface area contributed by atoms with Gasteiger partial charge in [-0.2, -0.15) is 0 Å². The van der Waals surface area contributed by atoms with Crippen molar-refractivity contribution >= 4 is 17.4 Å². The van der Waals surface area contributed by atoms with Gasteiger partial charge in [0.15, 0.2) is 0 Å². The zero-order valence-corrected chi connectivity index (χ0v) is 14.0. The minimum absolute atomic E-state index is 0.0567. The summed E-state index contributed by atoms with van der Waals surface area (Å²) in [4.78, 5) is 14.6. The van der Waals surface area contributed by atoms with Crippen molar-refractivity contribution in [1.82, 2.24) is 10.2 Å². The quantitative estimate of drug-likeness (QED) is 0.866. The summed E-state index contributed by atoms with van der Waals surface area (Å²) in [6.07, 6.45) is -4.77. The molecule has 0 bridgehead atoms. The maximum Gasteiger partial charge on any atom is 0.573 e. The number of hydrogen-bond acceptors (Lipinski definition) is 3. The van der Waals surface area contributed by atoms with Gasteiger partial charge in [-0.3, -0.25) is 0 Å². The SMILES string of the molecule is Cc1ccsc1CN(C)C(=O)NCc1ccccc1OC(F)(F)F. The number of benzene rings is 1. The maximum absolute atomic E-state index is 12.4. The number of para-hydroxylation sites is 1. The van der Waals surface area contributed by atoms with Crippen LogP contribution in [0.25, 0.3) is 0 Å². The van der Waals surface area contributed by atoms with Gasteiger partial charge in [-0.1, -0.05) is 18.2 Å². The molecule has 8 heteroatoms. The van der Waals surface area contributed by atoms with Crippen molar-refractivity contribution in [1.29, 1.82) is 0 Å². The van der Waals surface area contributed by atoms with Gasteiger partial charge in [0.2, 0.25) is 0 Å². The van der Waals surface area contributed by atoms with Crippen LogP contribution in [0.2, 0.25) is 0 Å². The fraction of sp³-hybridized carbons (Fsp3) is 0.312. The Kier molecular flexibility index (Phi) is 5.71. The summed E-state index contributed by atoms with van der Waals surface area (Å²) in [5.41, 5.74) is 1.35. The predicted octanol–water partition coefficient (Wildman–Crippen LogP) is 4.30. The third kappa shape index (κ3) is 5.16. The number of hydrogen-bond donors (Lipinski definition) is 1. The number of halogens is 3. The Morgan fingerprint density at radius 1 is 1.29 bits per heavy atom. The van der Waals surface area contributed by atoms with Crippen LogP contribution < -0.4 is 10.1 Å². The van der Waals surface area contributed by atoms with Gasteiger partial charge in [-0.25, -0.2) is 4.79 Å². The highest BCUT2D eigenvalue weighted by Gasteiger charge is 2.32. The number of urea groups is 1. The van der Waals surface area contributed by atoms with Crippen LogP contribution in [0.1, 0.15) is 16.0 Å². The van der Waals surface area contributed by atoms with E-state index in [2.05, 4.69) is 10.1 Å². The fourth-order valence-corrected chi connectivity index (χ4v) is 2.99. The minimum atomic E-state index is -4.77. The first-order valence-corrected chi connectivity index (χ1v) is 8.00. The van der Waals surface area contributed by atoms with Gasteiger partial charge in [0.05, 0.1) is 6.54 Å². The normalized spacial score (nSPS) is 11.2. The van der Waals surface area contributed by atoms with Crippen molar-refractivity contribution in [2.24, 2.45) is 0 Å². The second-order valence-electron chi connectivity index (χ2n) is 5.20. The zero-order valence-electron chi connectivity index (χ0n) is 13.2. The van der Waals surface area contributed by atoms with Gasteiger partial charge < -0.3 is 15.0 Å². The van der Waals surface area contributed by atoms with Crippen LogP contribution in [0.5, 0.6) is 5.75 Å². The number of thiophene rings is 1. The van der Waals surface area contributed by atoms with Crippen LogP contribution in [-0.4, -0.2) is 24.3 Å². The zero-order chi connectivity index (χ0) is 17.7. The number of rotatable bonds is 5. The average molecular weight is 358 g/mol. The van der Waals surface area contributed by atoms with E-state index < -0.39 is 6.36 Å². The molecule has 0 unspecified atom stereocenters. The Morgan fingerprint density at radius 3 is 2.62 bits per heavy atom. The number of carbonyl (C=O) groups is 1. The molecule has 1 aromatic heterocycles. The Balaban J connectivity index is 1.95. The van der Waals surface area contributed by atoms with E-state index in [1.165, 1.54) is 23.1 Å². The van der Waals surface area contributed by atoms with Gasteiger partial charge >= 0.3 is 12.4 Å². The highest BCUT2D eigenvalue weighted by molar-refractivity contribution is 7.10. The topological polar surface area (TPSA) is 41.6 Å². The molecular weight excluding hydrogens is 341 g/mol. The van der Waals surface area contributed by atoms with Crippen molar-refractivity contribution in [2.45, 2.75) is 26.4 Å². The summed E-state index contributed by atoms with van der Waals surface area (Å²) >= 11 is 1.55. The van der Waals surface area contributed by atoms with Crippen molar-refractivity contribution in [3.05, 3.63) is 51.7 Å². The van der Waals surface area contributed by atoms with Gasteiger partial charge in [0.25, 0.3) is 0 Å². The van der Waals surface area contributed by atoms with Gasteiger partial charge in [-0.05, 0) is 30.0 Å². The number of carbonyl (C=O) groups excluding carboxylic acids is 1. The van der Waals surface area contributed by atoms with E-state index in [-0.39, 0.29) is 23.9 Å². The first-order chi connectivity index (χ1) is 11.3. The second kappa shape index (κ2) is 7.57. The standard InChI is InChI=1S/C16H17F3N2O2S/c1-11-7-8-24-14(11)10-21(2)15(22)20-9-12-5-3-4-6-13(12)23-16(17,18)19/h3-8H,9-10H2,1-2H3,(H,20,22). The number of nitrogens with zero attached hydrogens (tertiary/aromatic N) is 1. The highest BCUT2D eigenvalue weighted by atomic mass is 32.1. The monoisotopic (exact) mass is 358 g/mol. The number of nitrogens with one attached hydrogen (secondary N) is 1. The molecule has 130 valence electrons. The first kappa shape index (κ1) is 18.1. The van der Waals surface area contributed by atoms with E-state index >= 15 is 0 Å². The van der Waals surface area contributed by atoms with Crippen LogP contribution in [0.15, 0.2) is 35.7 Å². The summed E-state index contributed by atoms with van der Waals surface area (Å²) < 4.78 is 41.1. The van der Waals surface area contributed by atoms with Gasteiger partial charge in [-0.15, -0.1) is 24.5 Å². The van der Waals surface area contributed by atoms with Crippen LogP contribution in [0.3, 0.4) is 0 Å². The van der Waals surface area contributed by atoms with Crippen molar-refractivity contribution in [2.75, 3.05) is 7.05 Å². The molecule has 4 nitrogen and oxygen atoms in total. The molecule has 0 spiro atoms. The summed E-state index contributed by atoms with van der Waals surface area (Å²) in [5.74, 6) is -0.318. The Labute approximate surface area is 141 Å². The first-order valence-electron chi connectivity index (χ1n) is 7.12. The third-order valence-electron chi connectivity index (χ3n) is 3.32. The number of ether oxygens (including phenoxy) is 1. The molecule has 0 aliphatic heterocycles. The molecule has 0 radical (unpaired) electrons. The van der Waals surface area contributed by atoms with Gasteiger partial charge in [0, 0.05) is 24.0 Å². The summed E-state index contributed by atoms with van der Waals surface area (Å²) in [6.45, 7) is 2.34. The maximum atomic E-state index is 12.4. The lowest BCUT2D eigenvalue weighted by molar-refractivity contribution is -0.274. The molecule has 0 atom stereocenters. The van der Waals surface area contributed by atoms with Crippen LogP contribution in [-0.2, 0) is 13.1 Å². The molecule has 2 aromatic rings.